The summed E-state index contributed by atoms with van der Waals surface area (Å²) in [6, 6.07) is 9.07. The van der Waals surface area contributed by atoms with Crippen molar-refractivity contribution in [1.82, 2.24) is 9.80 Å². The van der Waals surface area contributed by atoms with Crippen LogP contribution < -0.4 is 0 Å². The van der Waals surface area contributed by atoms with Crippen LogP contribution in [0.15, 0.2) is 24.3 Å². The third kappa shape index (κ3) is 4.92. The molecule has 2 nitrogen and oxygen atoms in total. The molecule has 0 N–H and O–H groups in total. The summed E-state index contributed by atoms with van der Waals surface area (Å²) in [6.07, 6.45) is 3.88. The number of piperidine rings is 1. The van der Waals surface area contributed by atoms with Gasteiger partial charge in [0.05, 0.1) is 0 Å². The molecule has 0 unspecified atom stereocenters. The molecule has 0 amide bonds. The quantitative estimate of drug-likeness (QED) is 0.784. The van der Waals surface area contributed by atoms with E-state index in [1.165, 1.54) is 50.1 Å². The van der Waals surface area contributed by atoms with Crippen molar-refractivity contribution < 1.29 is 0 Å². The second-order valence-corrected chi connectivity index (χ2v) is 6.43. The maximum Gasteiger partial charge on any atom is 0.0231 e. The normalized spacial score (nSPS) is 17.8. The van der Waals surface area contributed by atoms with Crippen molar-refractivity contribution >= 4 is 0 Å². The van der Waals surface area contributed by atoms with Gasteiger partial charge in [0, 0.05) is 19.6 Å². The Balaban J connectivity index is 1.70. The van der Waals surface area contributed by atoms with Crippen LogP contribution >= 0.6 is 0 Å². The predicted octanol–water partition coefficient (Wildman–Crippen LogP) is 3.41. The number of rotatable bonds is 6. The molecule has 0 saturated carbocycles. The second kappa shape index (κ2) is 7.80. The van der Waals surface area contributed by atoms with Crippen LogP contribution in [-0.4, -0.2) is 43.0 Å². The molecule has 2 rings (SSSR count). The molecule has 0 atom stereocenters. The molecule has 112 valence electrons. The first-order valence-corrected chi connectivity index (χ1v) is 8.16. The maximum atomic E-state index is 2.62. The molecule has 1 fully saturated rings. The smallest absolute Gasteiger partial charge is 0.0231 e. The number of nitrogens with zero attached hydrogens (tertiary/aromatic N) is 2. The first-order chi connectivity index (χ1) is 9.67. The first kappa shape index (κ1) is 15.5. The molecule has 0 bridgehead atoms. The number of aryl methyl sites for hydroxylation is 1. The van der Waals surface area contributed by atoms with Gasteiger partial charge < -0.3 is 9.80 Å². The average Bonchev–Trinajstić information content (AvgIpc) is 2.47. The number of hydrogen-bond donors (Lipinski definition) is 0. The number of likely N-dealkylation sites (N-methyl/N-ethyl adjacent to an activating group) is 1. The Morgan fingerprint density at radius 1 is 1.10 bits per heavy atom. The molecular weight excluding hydrogens is 244 g/mol. The first-order valence-electron chi connectivity index (χ1n) is 8.16. The van der Waals surface area contributed by atoms with Crippen LogP contribution in [0.2, 0.25) is 0 Å². The molecule has 1 aliphatic heterocycles. The standard InChI is InChI=1S/C18H30N2/c1-4-17-5-7-18(8-6-17)15-19(3)13-14-20-11-9-16(2)10-12-20/h5-8,16H,4,9-15H2,1-3H3. The van der Waals surface area contributed by atoms with E-state index in [9.17, 15) is 0 Å². The highest BCUT2D eigenvalue weighted by Gasteiger charge is 2.15. The highest BCUT2D eigenvalue weighted by Crippen LogP contribution is 2.15. The monoisotopic (exact) mass is 274 g/mol. The molecule has 0 aromatic heterocycles. The van der Waals surface area contributed by atoms with E-state index in [1.54, 1.807) is 0 Å². The summed E-state index contributed by atoms with van der Waals surface area (Å²) in [7, 11) is 2.24. The fourth-order valence-corrected chi connectivity index (χ4v) is 2.87. The molecule has 1 saturated heterocycles. The van der Waals surface area contributed by atoms with E-state index in [0.717, 1.165) is 18.9 Å². The van der Waals surface area contributed by atoms with Gasteiger partial charge in [-0.15, -0.1) is 0 Å². The Morgan fingerprint density at radius 2 is 1.70 bits per heavy atom. The summed E-state index contributed by atoms with van der Waals surface area (Å²) < 4.78 is 0. The maximum absolute atomic E-state index is 2.62. The summed E-state index contributed by atoms with van der Waals surface area (Å²) in [6.45, 7) is 10.6. The van der Waals surface area contributed by atoms with Gasteiger partial charge in [-0.05, 0) is 56.4 Å². The van der Waals surface area contributed by atoms with Crippen LogP contribution in [0.5, 0.6) is 0 Å². The van der Waals surface area contributed by atoms with E-state index < -0.39 is 0 Å². The molecule has 1 aromatic carbocycles. The van der Waals surface area contributed by atoms with Gasteiger partial charge in [0.2, 0.25) is 0 Å². The van der Waals surface area contributed by atoms with E-state index in [4.69, 9.17) is 0 Å². The Bertz CT molecular complexity index is 377. The molecule has 0 aliphatic carbocycles. The summed E-state index contributed by atoms with van der Waals surface area (Å²) in [4.78, 5) is 5.07. The van der Waals surface area contributed by atoms with Gasteiger partial charge >= 0.3 is 0 Å². The van der Waals surface area contributed by atoms with E-state index in [0.29, 0.717) is 0 Å². The lowest BCUT2D eigenvalue weighted by atomic mass is 9.99. The van der Waals surface area contributed by atoms with Gasteiger partial charge in [-0.2, -0.15) is 0 Å². The Hall–Kier alpha value is -0.860. The third-order valence-corrected chi connectivity index (χ3v) is 4.56. The van der Waals surface area contributed by atoms with Crippen molar-refractivity contribution in [2.45, 2.75) is 39.7 Å². The SMILES string of the molecule is CCc1ccc(CN(C)CCN2CCC(C)CC2)cc1. The predicted molar refractivity (Wildman–Crippen MR) is 87.0 cm³/mol. The lowest BCUT2D eigenvalue weighted by Crippen LogP contribution is -2.38. The minimum absolute atomic E-state index is 0.932. The molecule has 1 aromatic rings. The average molecular weight is 274 g/mol. The summed E-state index contributed by atoms with van der Waals surface area (Å²) in [5.74, 6) is 0.932. The molecule has 0 radical (unpaired) electrons. The number of benzene rings is 1. The zero-order valence-electron chi connectivity index (χ0n) is 13.4. The minimum atomic E-state index is 0.932. The van der Waals surface area contributed by atoms with Crippen molar-refractivity contribution in [1.29, 1.82) is 0 Å². The zero-order valence-corrected chi connectivity index (χ0v) is 13.4. The minimum Gasteiger partial charge on any atom is -0.302 e. The fourth-order valence-electron chi connectivity index (χ4n) is 2.87. The van der Waals surface area contributed by atoms with Crippen molar-refractivity contribution in [3.05, 3.63) is 35.4 Å². The van der Waals surface area contributed by atoms with Gasteiger partial charge in [0.15, 0.2) is 0 Å². The molecule has 1 aliphatic rings. The van der Waals surface area contributed by atoms with E-state index in [-0.39, 0.29) is 0 Å². The van der Waals surface area contributed by atoms with Crippen LogP contribution in [-0.2, 0) is 13.0 Å². The molecule has 2 heteroatoms. The van der Waals surface area contributed by atoms with Crippen LogP contribution in [0, 0.1) is 5.92 Å². The van der Waals surface area contributed by atoms with Crippen LogP contribution in [0.3, 0.4) is 0 Å². The molecule has 0 spiro atoms. The molecule has 20 heavy (non-hydrogen) atoms. The lowest BCUT2D eigenvalue weighted by Gasteiger charge is -2.31. The zero-order chi connectivity index (χ0) is 14.4. The van der Waals surface area contributed by atoms with Gasteiger partial charge in [-0.25, -0.2) is 0 Å². The molecular formula is C18H30N2. The van der Waals surface area contributed by atoms with Crippen LogP contribution in [0.25, 0.3) is 0 Å². The van der Waals surface area contributed by atoms with Gasteiger partial charge in [0.1, 0.15) is 0 Å². The van der Waals surface area contributed by atoms with Gasteiger partial charge in [-0.1, -0.05) is 38.1 Å². The summed E-state index contributed by atoms with van der Waals surface area (Å²) >= 11 is 0. The van der Waals surface area contributed by atoms with Gasteiger partial charge in [0.25, 0.3) is 0 Å². The second-order valence-electron chi connectivity index (χ2n) is 6.43. The Kier molecular flexibility index (Phi) is 6.06. The van der Waals surface area contributed by atoms with Gasteiger partial charge in [-0.3, -0.25) is 0 Å². The van der Waals surface area contributed by atoms with Crippen LogP contribution in [0.4, 0.5) is 0 Å². The lowest BCUT2D eigenvalue weighted by molar-refractivity contribution is 0.169. The van der Waals surface area contributed by atoms with Crippen molar-refractivity contribution in [2.75, 3.05) is 33.2 Å². The largest absolute Gasteiger partial charge is 0.302 e. The highest BCUT2D eigenvalue weighted by molar-refractivity contribution is 5.22. The molecule has 1 heterocycles. The van der Waals surface area contributed by atoms with E-state index in [1.807, 2.05) is 0 Å². The topological polar surface area (TPSA) is 6.48 Å². The Labute approximate surface area is 124 Å². The van der Waals surface area contributed by atoms with E-state index in [2.05, 4.69) is 55.0 Å². The summed E-state index contributed by atoms with van der Waals surface area (Å²) in [5.41, 5.74) is 2.86. The third-order valence-electron chi connectivity index (χ3n) is 4.56. The van der Waals surface area contributed by atoms with Crippen LogP contribution in [0.1, 0.15) is 37.8 Å². The highest BCUT2D eigenvalue weighted by atomic mass is 15.2. The van der Waals surface area contributed by atoms with Crippen molar-refractivity contribution in [3.8, 4) is 0 Å². The summed E-state index contributed by atoms with van der Waals surface area (Å²) in [5, 5.41) is 0. The number of hydrogen-bond acceptors (Lipinski definition) is 2. The van der Waals surface area contributed by atoms with Crippen molar-refractivity contribution in [2.24, 2.45) is 5.92 Å². The van der Waals surface area contributed by atoms with E-state index >= 15 is 0 Å². The van der Waals surface area contributed by atoms with Crippen molar-refractivity contribution in [3.63, 3.8) is 0 Å². The Morgan fingerprint density at radius 3 is 2.30 bits per heavy atom. The fraction of sp³-hybridized carbons (Fsp3) is 0.667. The number of likely N-dealkylation sites (tertiary alicyclic amines) is 1.